The Kier molecular flexibility index (Phi) is 1.37. The maximum absolute atomic E-state index is 4.95. The van der Waals surface area contributed by atoms with E-state index in [1.54, 1.807) is 7.11 Å². The van der Waals surface area contributed by atoms with Crippen molar-refractivity contribution in [1.29, 1.82) is 0 Å². The lowest BCUT2D eigenvalue weighted by atomic mass is 10.5. The lowest BCUT2D eigenvalue weighted by Crippen LogP contribution is -2.16. The van der Waals surface area contributed by atoms with Crippen LogP contribution in [0.4, 0.5) is 0 Å². The molecule has 0 aromatic heterocycles. The Hall–Kier alpha value is 0.310. The van der Waals surface area contributed by atoms with Crippen LogP contribution in [0, 0.1) is 0 Å². The first kappa shape index (κ1) is 4.47. The summed E-state index contributed by atoms with van der Waals surface area (Å²) in [5, 5.41) is 0. The summed E-state index contributed by atoms with van der Waals surface area (Å²) in [4.78, 5) is 0. The Balaban J connectivity index is 2.01. The quantitative estimate of drug-likeness (QED) is 0.492. The molecule has 36 valence electrons. The molecule has 0 aromatic rings. The molecule has 0 aromatic carbocycles. The summed E-state index contributed by atoms with van der Waals surface area (Å²) in [6, 6.07) is 0. The first-order valence-electron chi connectivity index (χ1n) is 2.08. The summed E-state index contributed by atoms with van der Waals surface area (Å²) in [6.07, 6.45) is 1.25. The Morgan fingerprint density at radius 1 is 1.83 bits per heavy atom. The van der Waals surface area contributed by atoms with Gasteiger partial charge in [-0.1, -0.05) is 0 Å². The Labute approximate surface area is 42.1 Å². The van der Waals surface area contributed by atoms with Crippen molar-refractivity contribution in [2.75, 3.05) is 12.9 Å². The molecule has 0 N–H and O–H groups in total. The predicted molar refractivity (Wildman–Crippen MR) is 27.9 cm³/mol. The van der Waals surface area contributed by atoms with E-state index in [1.807, 2.05) is 11.8 Å². The highest BCUT2D eigenvalue weighted by Gasteiger charge is 2.15. The second kappa shape index (κ2) is 1.85. The van der Waals surface area contributed by atoms with Gasteiger partial charge in [-0.15, -0.1) is 11.8 Å². The maximum Gasteiger partial charge on any atom is 0.103 e. The van der Waals surface area contributed by atoms with Crippen LogP contribution in [0.25, 0.3) is 0 Å². The number of hydrogen-bond donors (Lipinski definition) is 0. The fraction of sp³-hybridized carbons (Fsp3) is 1.00. The van der Waals surface area contributed by atoms with Crippen molar-refractivity contribution < 1.29 is 4.74 Å². The number of thioether (sulfide) groups is 1. The summed E-state index contributed by atoms with van der Waals surface area (Å²) in [5.74, 6) is 1.29. The van der Waals surface area contributed by atoms with Gasteiger partial charge in [0.1, 0.15) is 5.44 Å². The van der Waals surface area contributed by atoms with Crippen molar-refractivity contribution in [3.05, 3.63) is 0 Å². The maximum atomic E-state index is 4.95. The van der Waals surface area contributed by atoms with Crippen molar-refractivity contribution in [3.8, 4) is 0 Å². The predicted octanol–water partition coefficient (Wildman–Crippen LogP) is 1.10. The molecule has 1 aliphatic heterocycles. The Morgan fingerprint density at radius 2 is 2.50 bits per heavy atom. The molecule has 6 heavy (non-hydrogen) atoms. The van der Waals surface area contributed by atoms with E-state index in [-0.39, 0.29) is 0 Å². The van der Waals surface area contributed by atoms with E-state index in [1.165, 1.54) is 12.2 Å². The van der Waals surface area contributed by atoms with Crippen molar-refractivity contribution >= 4 is 11.8 Å². The lowest BCUT2D eigenvalue weighted by molar-refractivity contribution is 0.161. The zero-order chi connectivity index (χ0) is 4.41. The third-order valence-corrected chi connectivity index (χ3v) is 2.19. The van der Waals surface area contributed by atoms with Crippen LogP contribution >= 0.6 is 11.8 Å². The zero-order valence-corrected chi connectivity index (χ0v) is 4.62. The summed E-state index contributed by atoms with van der Waals surface area (Å²) in [5.41, 5.74) is 0.532. The number of hydrogen-bond acceptors (Lipinski definition) is 2. The highest BCUT2D eigenvalue weighted by molar-refractivity contribution is 8.01. The smallest absolute Gasteiger partial charge is 0.103 e. The third-order valence-electron chi connectivity index (χ3n) is 0.920. The molecular weight excluding hydrogens is 96.1 g/mol. The zero-order valence-electron chi connectivity index (χ0n) is 3.81. The fourth-order valence-electron chi connectivity index (χ4n) is 0.400. The highest BCUT2D eigenvalue weighted by Crippen LogP contribution is 2.27. The normalized spacial score (nSPS) is 32.5. The van der Waals surface area contributed by atoms with Gasteiger partial charge in [-0.3, -0.25) is 0 Å². The molecule has 0 spiro atoms. The van der Waals surface area contributed by atoms with Crippen LogP contribution in [-0.2, 0) is 4.74 Å². The van der Waals surface area contributed by atoms with Gasteiger partial charge in [0.15, 0.2) is 0 Å². The van der Waals surface area contributed by atoms with Gasteiger partial charge in [0.25, 0.3) is 0 Å². The summed E-state index contributed by atoms with van der Waals surface area (Å²) in [7, 11) is 1.76. The molecule has 0 bridgehead atoms. The van der Waals surface area contributed by atoms with E-state index in [0.29, 0.717) is 5.44 Å². The molecule has 1 fully saturated rings. The van der Waals surface area contributed by atoms with Crippen LogP contribution in [0.5, 0.6) is 0 Å². The van der Waals surface area contributed by atoms with Gasteiger partial charge < -0.3 is 4.74 Å². The number of rotatable bonds is 1. The molecule has 1 nitrogen and oxygen atoms in total. The molecule has 0 radical (unpaired) electrons. The van der Waals surface area contributed by atoms with Crippen LogP contribution in [0.1, 0.15) is 6.42 Å². The Bertz CT molecular complexity index is 40.1. The molecule has 2 heteroatoms. The van der Waals surface area contributed by atoms with Gasteiger partial charge in [-0.25, -0.2) is 0 Å². The minimum absolute atomic E-state index is 0.532. The summed E-state index contributed by atoms with van der Waals surface area (Å²) in [6.45, 7) is 0. The van der Waals surface area contributed by atoms with Crippen molar-refractivity contribution in [3.63, 3.8) is 0 Å². The van der Waals surface area contributed by atoms with E-state index < -0.39 is 0 Å². The standard InChI is InChI=1S/C4H8OS/c1-5-4-2-3-6-4/h4H,2-3H2,1H3. The van der Waals surface area contributed by atoms with Crippen molar-refractivity contribution in [2.45, 2.75) is 11.9 Å². The van der Waals surface area contributed by atoms with Gasteiger partial charge in [0, 0.05) is 7.11 Å². The monoisotopic (exact) mass is 104 g/mol. The molecule has 1 aliphatic rings. The molecule has 0 saturated carbocycles. The highest BCUT2D eigenvalue weighted by atomic mass is 32.2. The molecule has 1 heterocycles. The second-order valence-corrected chi connectivity index (χ2v) is 2.59. The Morgan fingerprint density at radius 3 is 2.50 bits per heavy atom. The van der Waals surface area contributed by atoms with E-state index >= 15 is 0 Å². The van der Waals surface area contributed by atoms with E-state index in [4.69, 9.17) is 4.74 Å². The minimum Gasteiger partial charge on any atom is -0.371 e. The molecule has 0 amide bonds. The van der Waals surface area contributed by atoms with Crippen LogP contribution in [0.3, 0.4) is 0 Å². The summed E-state index contributed by atoms with van der Waals surface area (Å²) < 4.78 is 4.95. The largest absolute Gasteiger partial charge is 0.371 e. The van der Waals surface area contributed by atoms with Crippen LogP contribution in [0.2, 0.25) is 0 Å². The second-order valence-electron chi connectivity index (χ2n) is 1.32. The molecule has 1 saturated heterocycles. The van der Waals surface area contributed by atoms with Crippen LogP contribution in [0.15, 0.2) is 0 Å². The fourth-order valence-corrected chi connectivity index (χ4v) is 0.964. The first-order valence-corrected chi connectivity index (χ1v) is 3.13. The van der Waals surface area contributed by atoms with Crippen molar-refractivity contribution in [2.24, 2.45) is 0 Å². The number of methoxy groups -OCH3 is 1. The van der Waals surface area contributed by atoms with E-state index in [0.717, 1.165) is 0 Å². The van der Waals surface area contributed by atoms with E-state index in [9.17, 15) is 0 Å². The van der Waals surface area contributed by atoms with E-state index in [2.05, 4.69) is 0 Å². The number of ether oxygens (including phenoxy) is 1. The van der Waals surface area contributed by atoms with Gasteiger partial charge in [-0.2, -0.15) is 0 Å². The molecule has 0 aliphatic carbocycles. The molecule has 1 rings (SSSR count). The molecule has 1 atom stereocenters. The van der Waals surface area contributed by atoms with Gasteiger partial charge in [0.05, 0.1) is 0 Å². The van der Waals surface area contributed by atoms with Gasteiger partial charge in [-0.05, 0) is 12.2 Å². The van der Waals surface area contributed by atoms with Gasteiger partial charge in [0.2, 0.25) is 0 Å². The molecular formula is C4H8OS. The average molecular weight is 104 g/mol. The van der Waals surface area contributed by atoms with Crippen LogP contribution < -0.4 is 0 Å². The van der Waals surface area contributed by atoms with Crippen LogP contribution in [-0.4, -0.2) is 18.3 Å². The van der Waals surface area contributed by atoms with Gasteiger partial charge >= 0.3 is 0 Å². The lowest BCUT2D eigenvalue weighted by Gasteiger charge is -2.22. The average Bonchev–Trinajstić information content (AvgIpc) is 1.31. The SMILES string of the molecule is COC1CCS1. The van der Waals surface area contributed by atoms with Crippen molar-refractivity contribution in [1.82, 2.24) is 0 Å². The first-order chi connectivity index (χ1) is 2.93. The topological polar surface area (TPSA) is 9.23 Å². The summed E-state index contributed by atoms with van der Waals surface area (Å²) >= 11 is 1.88. The third kappa shape index (κ3) is 0.684. The minimum atomic E-state index is 0.532. The molecule has 1 unspecified atom stereocenters.